The lowest BCUT2D eigenvalue weighted by Gasteiger charge is -2.12. The van der Waals surface area contributed by atoms with Gasteiger partial charge in [-0.3, -0.25) is 20.4 Å². The van der Waals surface area contributed by atoms with E-state index in [2.05, 4.69) is 15.8 Å². The molecule has 1 aromatic heterocycles. The van der Waals surface area contributed by atoms with Crippen molar-refractivity contribution in [3.05, 3.63) is 89.7 Å². The summed E-state index contributed by atoms with van der Waals surface area (Å²) in [6.45, 7) is 0.248. The molecule has 0 bridgehead atoms. The number of hydrazine groups is 1. The van der Waals surface area contributed by atoms with Crippen LogP contribution in [0.25, 0.3) is 0 Å². The summed E-state index contributed by atoms with van der Waals surface area (Å²) in [6, 6.07) is 19.8. The number of carbonyl (C=O) groups excluding carboxylic acids is 2. The molecule has 1 heterocycles. The predicted octanol–water partition coefficient (Wildman–Crippen LogP) is 2.67. The van der Waals surface area contributed by atoms with Gasteiger partial charge in [-0.05, 0) is 30.3 Å². The molecule has 2 amide bonds. The third-order valence-electron chi connectivity index (χ3n) is 3.53. The molecule has 0 aliphatic heterocycles. The summed E-state index contributed by atoms with van der Waals surface area (Å²) in [5.41, 5.74) is 6.30. The zero-order valence-electron chi connectivity index (χ0n) is 13.4. The number of amides is 2. The van der Waals surface area contributed by atoms with Crippen LogP contribution in [0.1, 0.15) is 26.4 Å². The highest BCUT2D eigenvalue weighted by Gasteiger charge is 2.13. The Kier molecular flexibility index (Phi) is 5.11. The van der Waals surface area contributed by atoms with Crippen LogP contribution in [0.4, 0.5) is 0 Å². The largest absolute Gasteiger partial charge is 0.489 e. The second kappa shape index (κ2) is 7.83. The van der Waals surface area contributed by atoms with Gasteiger partial charge in [0.2, 0.25) is 0 Å². The average molecular weight is 335 g/mol. The molecule has 0 spiro atoms. The lowest BCUT2D eigenvalue weighted by molar-refractivity contribution is 0.0843. The summed E-state index contributed by atoms with van der Waals surface area (Å²) < 4.78 is 5.70. The number of ether oxygens (including phenoxy) is 1. The number of nitrogens with one attached hydrogen (secondary N) is 3. The van der Waals surface area contributed by atoms with Crippen molar-refractivity contribution < 1.29 is 14.3 Å². The monoisotopic (exact) mass is 335 g/mol. The van der Waals surface area contributed by atoms with Crippen LogP contribution in [0.2, 0.25) is 0 Å². The van der Waals surface area contributed by atoms with Gasteiger partial charge in [0.05, 0.1) is 0 Å². The van der Waals surface area contributed by atoms with Crippen LogP contribution in [-0.2, 0) is 6.61 Å². The van der Waals surface area contributed by atoms with E-state index in [1.54, 1.807) is 30.5 Å². The number of rotatable bonds is 5. The van der Waals surface area contributed by atoms with E-state index in [1.807, 2.05) is 42.5 Å². The second-order valence-corrected chi connectivity index (χ2v) is 5.25. The van der Waals surface area contributed by atoms with Gasteiger partial charge in [-0.15, -0.1) is 0 Å². The predicted molar refractivity (Wildman–Crippen MR) is 92.9 cm³/mol. The fourth-order valence-corrected chi connectivity index (χ4v) is 2.27. The van der Waals surface area contributed by atoms with Gasteiger partial charge in [0.1, 0.15) is 18.1 Å². The molecule has 3 N–H and O–H groups in total. The zero-order chi connectivity index (χ0) is 17.5. The Morgan fingerprint density at radius 1 is 0.840 bits per heavy atom. The van der Waals surface area contributed by atoms with Crippen molar-refractivity contribution in [3.8, 4) is 5.75 Å². The van der Waals surface area contributed by atoms with Crippen LogP contribution in [0.3, 0.4) is 0 Å². The number of hydrogen-bond donors (Lipinski definition) is 3. The third kappa shape index (κ3) is 4.26. The molecule has 0 fully saturated rings. The molecule has 3 rings (SSSR count). The van der Waals surface area contributed by atoms with Crippen LogP contribution in [-0.4, -0.2) is 16.8 Å². The van der Waals surface area contributed by atoms with E-state index in [1.165, 1.54) is 0 Å². The summed E-state index contributed by atoms with van der Waals surface area (Å²) in [7, 11) is 0. The number of carbonyl (C=O) groups is 2. The summed E-state index contributed by atoms with van der Waals surface area (Å²) in [5, 5.41) is 0. The van der Waals surface area contributed by atoms with Crippen molar-refractivity contribution in [3.63, 3.8) is 0 Å². The highest BCUT2D eigenvalue weighted by Crippen LogP contribution is 2.14. The molecule has 0 radical (unpaired) electrons. The standard InChI is InChI=1S/C19H17N3O3/c23-18(21-22-19(24)17-11-6-12-20-17)16-10-5-4-7-14(16)13-25-15-8-2-1-3-9-15/h1-12,20H,13H2,(H,21,23)(H,22,24). The van der Waals surface area contributed by atoms with Crippen molar-refractivity contribution in [2.24, 2.45) is 0 Å². The van der Waals surface area contributed by atoms with Crippen molar-refractivity contribution >= 4 is 11.8 Å². The number of aromatic amines is 1. The van der Waals surface area contributed by atoms with E-state index < -0.39 is 11.8 Å². The minimum Gasteiger partial charge on any atom is -0.489 e. The highest BCUT2D eigenvalue weighted by molar-refractivity contribution is 5.99. The molecule has 0 saturated heterocycles. The Labute approximate surface area is 144 Å². The Balaban J connectivity index is 1.63. The minimum absolute atomic E-state index is 0.248. The first kappa shape index (κ1) is 16.3. The van der Waals surface area contributed by atoms with E-state index in [9.17, 15) is 9.59 Å². The van der Waals surface area contributed by atoms with Gasteiger partial charge in [-0.1, -0.05) is 36.4 Å². The van der Waals surface area contributed by atoms with Gasteiger partial charge >= 0.3 is 0 Å². The normalized spacial score (nSPS) is 10.1. The lowest BCUT2D eigenvalue weighted by Crippen LogP contribution is -2.42. The highest BCUT2D eigenvalue weighted by atomic mass is 16.5. The van der Waals surface area contributed by atoms with Crippen LogP contribution in [0, 0.1) is 0 Å². The summed E-state index contributed by atoms with van der Waals surface area (Å²) in [6.07, 6.45) is 1.63. The first-order chi connectivity index (χ1) is 12.2. The maximum absolute atomic E-state index is 12.4. The summed E-state index contributed by atoms with van der Waals surface area (Å²) >= 11 is 0. The van der Waals surface area contributed by atoms with Crippen molar-refractivity contribution in [1.29, 1.82) is 0 Å². The zero-order valence-corrected chi connectivity index (χ0v) is 13.4. The van der Waals surface area contributed by atoms with Gasteiger partial charge < -0.3 is 9.72 Å². The van der Waals surface area contributed by atoms with Crippen molar-refractivity contribution in [2.75, 3.05) is 0 Å². The first-order valence-electron chi connectivity index (χ1n) is 7.74. The molecule has 0 atom stereocenters. The summed E-state index contributed by atoms with van der Waals surface area (Å²) in [4.78, 5) is 27.0. The Morgan fingerprint density at radius 3 is 2.32 bits per heavy atom. The van der Waals surface area contributed by atoms with E-state index in [4.69, 9.17) is 4.74 Å². The maximum Gasteiger partial charge on any atom is 0.286 e. The third-order valence-corrected chi connectivity index (χ3v) is 3.53. The Hall–Kier alpha value is -3.54. The van der Waals surface area contributed by atoms with Gasteiger partial charge in [-0.25, -0.2) is 0 Å². The minimum atomic E-state index is -0.420. The number of H-pyrrole nitrogens is 1. The fraction of sp³-hybridized carbons (Fsp3) is 0.0526. The van der Waals surface area contributed by atoms with Gasteiger partial charge in [-0.2, -0.15) is 0 Å². The fourth-order valence-electron chi connectivity index (χ4n) is 2.27. The molecule has 126 valence electrons. The van der Waals surface area contributed by atoms with Crippen LogP contribution in [0.15, 0.2) is 72.9 Å². The Bertz CT molecular complexity index is 845. The SMILES string of the molecule is O=C(NNC(=O)c1ccccc1COc1ccccc1)c1ccc[nH]1. The maximum atomic E-state index is 12.4. The molecule has 0 aliphatic rings. The van der Waals surface area contributed by atoms with Gasteiger partial charge in [0.25, 0.3) is 11.8 Å². The van der Waals surface area contributed by atoms with E-state index >= 15 is 0 Å². The van der Waals surface area contributed by atoms with Crippen LogP contribution >= 0.6 is 0 Å². The summed E-state index contributed by atoms with van der Waals surface area (Å²) in [5.74, 6) is -0.110. The quantitative estimate of drug-likeness (QED) is 0.627. The van der Waals surface area contributed by atoms with Crippen LogP contribution in [0.5, 0.6) is 5.75 Å². The molecule has 3 aromatic rings. The van der Waals surface area contributed by atoms with E-state index in [0.717, 1.165) is 11.3 Å². The lowest BCUT2D eigenvalue weighted by atomic mass is 10.1. The number of benzene rings is 2. The molecule has 0 saturated carbocycles. The number of para-hydroxylation sites is 1. The topological polar surface area (TPSA) is 83.2 Å². The molecule has 0 unspecified atom stereocenters. The molecule has 2 aromatic carbocycles. The van der Waals surface area contributed by atoms with Gasteiger partial charge in [0.15, 0.2) is 0 Å². The molecular weight excluding hydrogens is 318 g/mol. The smallest absolute Gasteiger partial charge is 0.286 e. The Morgan fingerprint density at radius 2 is 1.56 bits per heavy atom. The van der Waals surface area contributed by atoms with Crippen LogP contribution < -0.4 is 15.6 Å². The molecular formula is C19H17N3O3. The van der Waals surface area contributed by atoms with E-state index in [0.29, 0.717) is 11.3 Å². The molecule has 25 heavy (non-hydrogen) atoms. The molecule has 6 heteroatoms. The average Bonchev–Trinajstić information content (AvgIpc) is 3.20. The van der Waals surface area contributed by atoms with Gasteiger partial charge in [0, 0.05) is 17.3 Å². The number of aromatic nitrogens is 1. The van der Waals surface area contributed by atoms with E-state index in [-0.39, 0.29) is 6.61 Å². The number of hydrogen-bond acceptors (Lipinski definition) is 3. The van der Waals surface area contributed by atoms with Crippen molar-refractivity contribution in [2.45, 2.75) is 6.61 Å². The molecule has 0 aliphatic carbocycles. The second-order valence-electron chi connectivity index (χ2n) is 5.25. The first-order valence-corrected chi connectivity index (χ1v) is 7.74. The van der Waals surface area contributed by atoms with Crippen molar-refractivity contribution in [1.82, 2.24) is 15.8 Å². The molecule has 6 nitrogen and oxygen atoms in total.